The van der Waals surface area contributed by atoms with Gasteiger partial charge in [-0.1, -0.05) is 146 Å². The van der Waals surface area contributed by atoms with Crippen LogP contribution in [0.1, 0.15) is 95.7 Å². The normalized spacial score (nSPS) is 20.9. The molecular formula is C73H63NO22. The summed E-state index contributed by atoms with van der Waals surface area (Å²) in [4.78, 5) is 127. The Morgan fingerprint density at radius 2 is 0.573 bits per heavy atom. The second-order valence-electron chi connectivity index (χ2n) is 22.1. The van der Waals surface area contributed by atoms with Crippen molar-refractivity contribution < 1.29 is 106 Å². The molecule has 8 aromatic rings. The summed E-state index contributed by atoms with van der Waals surface area (Å²) < 4.78 is 61.9. The van der Waals surface area contributed by atoms with E-state index < -0.39 is 153 Å². The van der Waals surface area contributed by atoms with Crippen LogP contribution in [0.3, 0.4) is 0 Å². The summed E-state index contributed by atoms with van der Waals surface area (Å²) in [6, 6.07) is 58.0. The molecule has 96 heavy (non-hydrogen) atoms. The fraction of sp³-hybridized carbons (Fsp3) is 0.219. The summed E-state index contributed by atoms with van der Waals surface area (Å²) >= 11 is 0. The number of aliphatic hydroxyl groups is 2. The summed E-state index contributed by atoms with van der Waals surface area (Å²) in [5.74, 6) is -11.9. The minimum absolute atomic E-state index is 0.00870. The standard InChI is InChI=1S/C73H63NO22/c75-64(45-25-9-1-10-26-45)87-43-55-58(92-67(78)48-31-15-4-16-32-48)60(94-69(80)50-35-19-6-20-36-50)57(91-66(77)47-29-13-3-14-30-47)54(89-55)41-53(74-72(83)84)42-73(85,86)63-62(96-71(82)52-39-23-8-24-40-52)61(95-70(81)51-37-21-7-22-38-51)59(93-68(79)49-33-17-5-18-34-49)56(90-63)44-88-65(76)46-27-11-2-12-28-46/h1-40,53-63,74,85-86H,41-44H2,(H,83,84)/t53?,54-,55-,56-,57-,58-,59-,60-,61+,62+,63+/m1/s1. The Morgan fingerprint density at radius 3 is 0.865 bits per heavy atom. The van der Waals surface area contributed by atoms with E-state index in [-0.39, 0.29) is 44.5 Å². The highest BCUT2D eigenvalue weighted by Gasteiger charge is 2.60. The molecular weight excluding hydrogens is 1240 g/mol. The van der Waals surface area contributed by atoms with Crippen LogP contribution in [0.5, 0.6) is 0 Å². The molecule has 2 fully saturated rings. The van der Waals surface area contributed by atoms with Gasteiger partial charge in [0.25, 0.3) is 0 Å². The highest BCUT2D eigenvalue weighted by atomic mass is 16.7. The van der Waals surface area contributed by atoms with Crippen LogP contribution in [0.2, 0.25) is 0 Å². The van der Waals surface area contributed by atoms with Gasteiger partial charge in [-0.3, -0.25) is 0 Å². The first-order valence-corrected chi connectivity index (χ1v) is 30.2. The van der Waals surface area contributed by atoms with Crippen LogP contribution in [-0.2, 0) is 47.4 Å². The molecule has 23 heteroatoms. The smallest absolute Gasteiger partial charge is 0.404 e. The van der Waals surface area contributed by atoms with Crippen molar-refractivity contribution in [3.05, 3.63) is 287 Å². The molecule has 0 aromatic heterocycles. The van der Waals surface area contributed by atoms with E-state index in [1.807, 2.05) is 0 Å². The SMILES string of the molecule is O=C(O)NC(C[C@H]1O[C@H](COC(=O)c2ccccc2)[C@@H](OC(=O)c2ccccc2)[C@H](OC(=O)c2ccccc2)[C@@H]1OC(=O)c1ccccc1)CC(O)(O)[C@H]1O[C@H](COC(=O)c2ccccc2)[C@@H](OC(=O)c2ccccc2)[C@H](OC(=O)c2ccccc2)[C@@H]1OC(=O)c1ccccc1. The summed E-state index contributed by atoms with van der Waals surface area (Å²) in [6.07, 6.45) is -23.8. The molecule has 492 valence electrons. The first-order chi connectivity index (χ1) is 46.5. The summed E-state index contributed by atoms with van der Waals surface area (Å²) in [6.45, 7) is -1.70. The van der Waals surface area contributed by atoms with E-state index in [1.165, 1.54) is 158 Å². The lowest BCUT2D eigenvalue weighted by molar-refractivity contribution is -0.321. The maximum atomic E-state index is 14.5. The molecule has 0 aliphatic carbocycles. The number of hydrogen-bond acceptors (Lipinski definition) is 21. The summed E-state index contributed by atoms with van der Waals surface area (Å²) in [5.41, 5.74) is -0.260. The molecule has 2 heterocycles. The Labute approximate surface area is 548 Å². The highest BCUT2D eigenvalue weighted by Crippen LogP contribution is 2.39. The molecule has 2 aliphatic heterocycles. The molecule has 10 rings (SSSR count). The minimum Gasteiger partial charge on any atom is -0.465 e. The van der Waals surface area contributed by atoms with E-state index in [0.29, 0.717) is 0 Å². The van der Waals surface area contributed by atoms with Crippen molar-refractivity contribution in [2.24, 2.45) is 0 Å². The molecule has 2 aliphatic rings. The van der Waals surface area contributed by atoms with Crippen molar-refractivity contribution in [1.82, 2.24) is 5.32 Å². The van der Waals surface area contributed by atoms with E-state index in [0.717, 1.165) is 0 Å². The van der Waals surface area contributed by atoms with Crippen molar-refractivity contribution in [3.63, 3.8) is 0 Å². The molecule has 1 unspecified atom stereocenters. The van der Waals surface area contributed by atoms with Crippen LogP contribution in [0.25, 0.3) is 0 Å². The number of nitrogens with one attached hydrogen (secondary N) is 1. The Bertz CT molecular complexity index is 3950. The zero-order chi connectivity index (χ0) is 67.6. The van der Waals surface area contributed by atoms with Crippen LogP contribution in [0, 0.1) is 0 Å². The second-order valence-corrected chi connectivity index (χ2v) is 22.1. The largest absolute Gasteiger partial charge is 0.465 e. The first kappa shape index (κ1) is 67.5. The lowest BCUT2D eigenvalue weighted by Gasteiger charge is -2.49. The van der Waals surface area contributed by atoms with Crippen molar-refractivity contribution in [1.29, 1.82) is 0 Å². The number of carboxylic acid groups (broad SMARTS) is 1. The van der Waals surface area contributed by atoms with Crippen LogP contribution >= 0.6 is 0 Å². The molecule has 1 amide bonds. The number of ether oxygens (including phenoxy) is 10. The maximum Gasteiger partial charge on any atom is 0.404 e. The molecule has 4 N–H and O–H groups in total. The van der Waals surface area contributed by atoms with Gasteiger partial charge in [0.1, 0.15) is 31.5 Å². The fourth-order valence-corrected chi connectivity index (χ4v) is 10.9. The minimum atomic E-state index is -3.56. The average Bonchev–Trinajstić information content (AvgIpc) is 0.763. The molecule has 0 bridgehead atoms. The average molecular weight is 1310 g/mol. The van der Waals surface area contributed by atoms with Gasteiger partial charge >= 0.3 is 53.8 Å². The summed E-state index contributed by atoms with van der Waals surface area (Å²) in [7, 11) is 0. The van der Waals surface area contributed by atoms with E-state index in [1.54, 1.807) is 84.9 Å². The molecule has 0 saturated carbocycles. The van der Waals surface area contributed by atoms with Crippen molar-refractivity contribution in [3.8, 4) is 0 Å². The maximum absolute atomic E-state index is 14.5. The zero-order valence-electron chi connectivity index (χ0n) is 50.9. The molecule has 2 saturated heterocycles. The van der Waals surface area contributed by atoms with Gasteiger partial charge in [-0.2, -0.15) is 0 Å². The Hall–Kier alpha value is -11.4. The molecule has 23 nitrogen and oxygen atoms in total. The van der Waals surface area contributed by atoms with Gasteiger partial charge in [0.15, 0.2) is 48.5 Å². The fourth-order valence-electron chi connectivity index (χ4n) is 10.9. The second kappa shape index (κ2) is 32.0. The third-order valence-electron chi connectivity index (χ3n) is 15.5. The Kier molecular flexibility index (Phi) is 22.5. The van der Waals surface area contributed by atoms with Crippen LogP contribution in [0.4, 0.5) is 4.79 Å². The Morgan fingerprint density at radius 1 is 0.333 bits per heavy atom. The molecule has 11 atom stereocenters. The molecule has 8 aromatic carbocycles. The van der Waals surface area contributed by atoms with Crippen molar-refractivity contribution in [2.45, 2.75) is 85.7 Å². The summed E-state index contributed by atoms with van der Waals surface area (Å²) in [5, 5.41) is 39.0. The number of carbonyl (C=O) groups excluding carboxylic acids is 8. The van der Waals surface area contributed by atoms with Gasteiger partial charge in [0.2, 0.25) is 0 Å². The predicted molar refractivity (Wildman–Crippen MR) is 336 cm³/mol. The van der Waals surface area contributed by atoms with Crippen LogP contribution in [0.15, 0.2) is 243 Å². The van der Waals surface area contributed by atoms with Crippen molar-refractivity contribution >= 4 is 53.8 Å². The highest BCUT2D eigenvalue weighted by molar-refractivity contribution is 5.93. The zero-order valence-corrected chi connectivity index (χ0v) is 50.9. The quantitative estimate of drug-likeness (QED) is 0.0250. The third-order valence-corrected chi connectivity index (χ3v) is 15.5. The molecule has 0 spiro atoms. The lowest BCUT2D eigenvalue weighted by Crippen LogP contribution is -2.69. The first-order valence-electron chi connectivity index (χ1n) is 30.2. The number of carbonyl (C=O) groups is 9. The van der Waals surface area contributed by atoms with Gasteiger partial charge in [-0.05, 0) is 103 Å². The van der Waals surface area contributed by atoms with Gasteiger partial charge in [-0.25, -0.2) is 43.2 Å². The lowest BCUT2D eigenvalue weighted by atomic mass is 9.85. The number of esters is 8. The number of rotatable bonds is 24. The monoisotopic (exact) mass is 1310 g/mol. The topological polar surface area (TPSA) is 319 Å². The van der Waals surface area contributed by atoms with Crippen LogP contribution in [-0.4, -0.2) is 155 Å². The van der Waals surface area contributed by atoms with Gasteiger partial charge in [0, 0.05) is 12.5 Å². The third kappa shape index (κ3) is 17.5. The van der Waals surface area contributed by atoms with Gasteiger partial charge < -0.3 is 68.0 Å². The number of amides is 1. The van der Waals surface area contributed by atoms with Crippen molar-refractivity contribution in [2.75, 3.05) is 13.2 Å². The van der Waals surface area contributed by atoms with E-state index >= 15 is 0 Å². The van der Waals surface area contributed by atoms with Gasteiger partial charge in [0.05, 0.1) is 44.5 Å². The van der Waals surface area contributed by atoms with E-state index in [2.05, 4.69) is 5.32 Å². The van der Waals surface area contributed by atoms with Gasteiger partial charge in [-0.15, -0.1) is 0 Å². The van der Waals surface area contributed by atoms with E-state index in [9.17, 15) is 58.5 Å². The number of benzene rings is 8. The number of hydrogen-bond donors (Lipinski definition) is 4. The predicted octanol–water partition coefficient (Wildman–Crippen LogP) is 8.69. The molecule has 0 radical (unpaired) electrons. The Balaban J connectivity index is 1.09. The van der Waals surface area contributed by atoms with Crippen LogP contribution < -0.4 is 5.32 Å². The van der Waals surface area contributed by atoms with E-state index in [4.69, 9.17) is 47.4 Å².